The summed E-state index contributed by atoms with van der Waals surface area (Å²) in [7, 11) is 3.16. The van der Waals surface area contributed by atoms with Crippen molar-refractivity contribution < 1.29 is 19.4 Å². The van der Waals surface area contributed by atoms with E-state index >= 15 is 0 Å². The van der Waals surface area contributed by atoms with E-state index in [0.29, 0.717) is 76.1 Å². The molecule has 0 unspecified atom stereocenters. The fourth-order valence-electron chi connectivity index (χ4n) is 7.69. The lowest BCUT2D eigenvalue weighted by molar-refractivity contribution is -0.182. The summed E-state index contributed by atoms with van der Waals surface area (Å²) in [5.41, 5.74) is 5.11. The van der Waals surface area contributed by atoms with Gasteiger partial charge in [0.1, 0.15) is 11.4 Å². The van der Waals surface area contributed by atoms with E-state index in [0.717, 1.165) is 49.2 Å². The lowest BCUT2D eigenvalue weighted by Gasteiger charge is -2.61. The van der Waals surface area contributed by atoms with Crippen molar-refractivity contribution >= 4 is 29.1 Å². The number of likely N-dealkylation sites (tertiary alicyclic amines) is 1. The molecule has 2 aliphatic heterocycles. The van der Waals surface area contributed by atoms with Crippen LogP contribution in [0.15, 0.2) is 48.8 Å². The standard InChI is InChI=1S/C36H39Cl2N7O4/c1-35(47)17-36(18-35)19-45(20-36)16-29-34(49-3)44-27(15-41-29)25-9-5-7-23(32(25)38)22-6-4-8-24(31(22)37)26-14-40-28(33(43-26)48-2)13-39-12-21-10-11-30(46)42-21/h4-9,14-15,21,39,47H,10-13,16-20H2,1-3H3,(H,42,46)/t21-/m0/s1. The van der Waals surface area contributed by atoms with Crippen molar-refractivity contribution in [2.45, 2.75) is 57.3 Å². The molecule has 0 bridgehead atoms. The van der Waals surface area contributed by atoms with Crippen LogP contribution in [0.1, 0.15) is 44.0 Å². The van der Waals surface area contributed by atoms with E-state index in [1.165, 1.54) is 0 Å². The first-order chi connectivity index (χ1) is 23.6. The highest BCUT2D eigenvalue weighted by Gasteiger charge is 2.57. The number of methoxy groups -OCH3 is 2. The molecule has 7 rings (SSSR count). The van der Waals surface area contributed by atoms with Gasteiger partial charge in [0, 0.05) is 72.9 Å². The number of amides is 1. The second-order valence-corrected chi connectivity index (χ2v) is 14.4. The number of nitrogens with zero attached hydrogens (tertiary/aromatic N) is 5. The third-order valence-corrected chi connectivity index (χ3v) is 10.4. The van der Waals surface area contributed by atoms with Crippen molar-refractivity contribution in [1.82, 2.24) is 35.5 Å². The molecule has 1 spiro atoms. The number of rotatable bonds is 11. The summed E-state index contributed by atoms with van der Waals surface area (Å²) < 4.78 is 11.3. The maximum Gasteiger partial charge on any atom is 0.237 e. The van der Waals surface area contributed by atoms with Crippen LogP contribution in [0.2, 0.25) is 10.0 Å². The van der Waals surface area contributed by atoms with Gasteiger partial charge >= 0.3 is 0 Å². The Labute approximate surface area is 295 Å². The molecule has 2 saturated heterocycles. The Kier molecular flexibility index (Phi) is 9.23. The van der Waals surface area contributed by atoms with Crippen LogP contribution >= 0.6 is 23.2 Å². The van der Waals surface area contributed by atoms with Crippen molar-refractivity contribution in [2.24, 2.45) is 5.41 Å². The first kappa shape index (κ1) is 33.6. The lowest BCUT2D eigenvalue weighted by atomic mass is 9.56. The molecule has 2 aromatic heterocycles. The fraction of sp³-hybridized carbons (Fsp3) is 0.417. The van der Waals surface area contributed by atoms with Crippen molar-refractivity contribution in [3.8, 4) is 45.4 Å². The number of hydrogen-bond donors (Lipinski definition) is 3. The molecule has 49 heavy (non-hydrogen) atoms. The second kappa shape index (κ2) is 13.4. The molecule has 3 N–H and O–H groups in total. The fourth-order valence-corrected chi connectivity index (χ4v) is 8.34. The van der Waals surface area contributed by atoms with Gasteiger partial charge in [-0.25, -0.2) is 9.97 Å². The SMILES string of the molecule is COc1nc(-c2cccc(-c3cccc(-c4cnc(CN5CC6(C5)CC(C)(O)C6)c(OC)n4)c3Cl)c2Cl)cnc1CNC[C@@H]1CCC(=O)N1. The van der Waals surface area contributed by atoms with Gasteiger partial charge in [-0.15, -0.1) is 0 Å². The summed E-state index contributed by atoms with van der Waals surface area (Å²) in [6.45, 7) is 5.49. The van der Waals surface area contributed by atoms with Crippen LogP contribution in [-0.4, -0.2) is 81.3 Å². The zero-order chi connectivity index (χ0) is 34.3. The largest absolute Gasteiger partial charge is 0.480 e. The lowest BCUT2D eigenvalue weighted by Crippen LogP contribution is -2.66. The summed E-state index contributed by atoms with van der Waals surface area (Å²) in [5.74, 6) is 0.931. The summed E-state index contributed by atoms with van der Waals surface area (Å²) in [4.78, 5) is 32.7. The van der Waals surface area contributed by atoms with Gasteiger partial charge in [0.15, 0.2) is 0 Å². The van der Waals surface area contributed by atoms with Gasteiger partial charge in [-0.05, 0) is 26.2 Å². The molecule has 3 fully saturated rings. The number of benzene rings is 2. The van der Waals surface area contributed by atoms with Crippen LogP contribution in [0.25, 0.3) is 33.6 Å². The van der Waals surface area contributed by atoms with Gasteiger partial charge in [0.05, 0.1) is 53.6 Å². The topological polar surface area (TPSA) is 135 Å². The quantitative estimate of drug-likeness (QED) is 0.189. The average molecular weight is 705 g/mol. The van der Waals surface area contributed by atoms with Crippen molar-refractivity contribution in [3.05, 3.63) is 70.2 Å². The second-order valence-electron chi connectivity index (χ2n) is 13.7. The molecule has 1 atom stereocenters. The Morgan fingerprint density at radius 2 is 1.47 bits per heavy atom. The Hall–Kier alpha value is -3.87. The predicted octanol–water partition coefficient (Wildman–Crippen LogP) is 5.31. The Morgan fingerprint density at radius 1 is 0.918 bits per heavy atom. The smallest absolute Gasteiger partial charge is 0.237 e. The van der Waals surface area contributed by atoms with Gasteiger partial charge in [-0.3, -0.25) is 19.7 Å². The molecule has 4 aromatic rings. The number of hydrogen-bond acceptors (Lipinski definition) is 10. The molecule has 13 heteroatoms. The van der Waals surface area contributed by atoms with Crippen LogP contribution in [0, 0.1) is 5.41 Å². The van der Waals surface area contributed by atoms with E-state index in [4.69, 9.17) is 47.6 Å². The average Bonchev–Trinajstić information content (AvgIpc) is 3.48. The molecule has 3 aliphatic rings. The third kappa shape index (κ3) is 6.82. The molecule has 11 nitrogen and oxygen atoms in total. The van der Waals surface area contributed by atoms with Crippen LogP contribution in [0.3, 0.4) is 0 Å². The Morgan fingerprint density at radius 3 is 2.00 bits per heavy atom. The third-order valence-electron chi connectivity index (χ3n) is 9.62. The van der Waals surface area contributed by atoms with E-state index in [-0.39, 0.29) is 17.4 Å². The maximum absolute atomic E-state index is 11.5. The van der Waals surface area contributed by atoms with Gasteiger partial charge < -0.3 is 25.2 Å². The van der Waals surface area contributed by atoms with E-state index in [2.05, 4.69) is 20.5 Å². The minimum Gasteiger partial charge on any atom is -0.480 e. The molecule has 2 aromatic carbocycles. The minimum absolute atomic E-state index is 0.0842. The molecule has 0 radical (unpaired) electrons. The van der Waals surface area contributed by atoms with Crippen molar-refractivity contribution in [3.63, 3.8) is 0 Å². The van der Waals surface area contributed by atoms with Crippen LogP contribution < -0.4 is 20.1 Å². The van der Waals surface area contributed by atoms with Gasteiger partial charge in [-0.2, -0.15) is 0 Å². The predicted molar refractivity (Wildman–Crippen MR) is 187 cm³/mol. The monoisotopic (exact) mass is 703 g/mol. The summed E-state index contributed by atoms with van der Waals surface area (Å²) in [5, 5.41) is 17.4. The number of carbonyl (C=O) groups is 1. The maximum atomic E-state index is 11.5. The molecule has 1 aliphatic carbocycles. The minimum atomic E-state index is -0.534. The van der Waals surface area contributed by atoms with Gasteiger partial charge in [0.2, 0.25) is 17.7 Å². The Bertz CT molecular complexity index is 1890. The van der Waals surface area contributed by atoms with Crippen LogP contribution in [0.5, 0.6) is 11.8 Å². The van der Waals surface area contributed by atoms with Crippen molar-refractivity contribution in [1.29, 1.82) is 0 Å². The van der Waals surface area contributed by atoms with E-state index in [9.17, 15) is 9.90 Å². The van der Waals surface area contributed by atoms with Gasteiger partial charge in [-0.1, -0.05) is 59.6 Å². The molecule has 1 amide bonds. The van der Waals surface area contributed by atoms with Crippen LogP contribution in [-0.2, 0) is 17.9 Å². The first-order valence-electron chi connectivity index (χ1n) is 16.4. The highest BCUT2D eigenvalue weighted by molar-refractivity contribution is 6.39. The van der Waals surface area contributed by atoms with E-state index in [1.807, 2.05) is 43.3 Å². The zero-order valence-electron chi connectivity index (χ0n) is 27.7. The number of halogens is 2. The Balaban J connectivity index is 1.09. The summed E-state index contributed by atoms with van der Waals surface area (Å²) in [6, 6.07) is 11.5. The van der Waals surface area contributed by atoms with Crippen LogP contribution in [0.4, 0.5) is 0 Å². The highest BCUT2D eigenvalue weighted by Crippen LogP contribution is 2.54. The molecular weight excluding hydrogens is 665 g/mol. The number of aliphatic hydroxyl groups is 1. The highest BCUT2D eigenvalue weighted by atomic mass is 35.5. The first-order valence-corrected chi connectivity index (χ1v) is 17.2. The van der Waals surface area contributed by atoms with E-state index in [1.54, 1.807) is 26.6 Å². The molecule has 4 heterocycles. The zero-order valence-corrected chi connectivity index (χ0v) is 29.2. The molecule has 1 saturated carbocycles. The van der Waals surface area contributed by atoms with Crippen molar-refractivity contribution in [2.75, 3.05) is 33.9 Å². The number of aromatic nitrogens is 4. The molecule has 256 valence electrons. The molecular formula is C36H39Cl2N7O4. The number of nitrogens with one attached hydrogen (secondary N) is 2. The summed E-state index contributed by atoms with van der Waals surface area (Å²) in [6.07, 6.45) is 6.47. The number of carbonyl (C=O) groups excluding carboxylic acids is 1. The van der Waals surface area contributed by atoms with E-state index < -0.39 is 5.60 Å². The summed E-state index contributed by atoms with van der Waals surface area (Å²) >= 11 is 14.1. The van der Waals surface area contributed by atoms with Gasteiger partial charge in [0.25, 0.3) is 0 Å². The number of ether oxygens (including phenoxy) is 2. The normalized spacial score (nSPS) is 19.3.